The molecule has 106 valence electrons. The second-order valence-electron chi connectivity index (χ2n) is 5.04. The third-order valence-corrected chi connectivity index (χ3v) is 4.66. The molecule has 0 saturated heterocycles. The smallest absolute Gasteiger partial charge is 0.129 e. The molecule has 5 heteroatoms. The van der Waals surface area contributed by atoms with E-state index in [0.29, 0.717) is 6.54 Å². The molecule has 2 heterocycles. The summed E-state index contributed by atoms with van der Waals surface area (Å²) in [4.78, 5) is 3.46. The summed E-state index contributed by atoms with van der Waals surface area (Å²) < 4.78 is 26.8. The predicted molar refractivity (Wildman–Crippen MR) is 74.6 cm³/mol. The van der Waals surface area contributed by atoms with Crippen LogP contribution in [0.25, 0.3) is 0 Å². The zero-order chi connectivity index (χ0) is 14.1. The van der Waals surface area contributed by atoms with E-state index in [-0.39, 0.29) is 5.56 Å². The van der Waals surface area contributed by atoms with E-state index in [4.69, 9.17) is 0 Å². The van der Waals surface area contributed by atoms with Crippen LogP contribution >= 0.6 is 11.3 Å². The van der Waals surface area contributed by atoms with Gasteiger partial charge in [0.15, 0.2) is 0 Å². The highest BCUT2D eigenvalue weighted by Gasteiger charge is 2.22. The first kappa shape index (κ1) is 13.7. The minimum absolute atomic E-state index is 0.0288. The Morgan fingerprint density at radius 1 is 1.30 bits per heavy atom. The molecule has 1 atom stereocenters. The van der Waals surface area contributed by atoms with Gasteiger partial charge in [-0.3, -0.25) is 4.90 Å². The van der Waals surface area contributed by atoms with E-state index >= 15 is 0 Å². The molecule has 0 fully saturated rings. The maximum Gasteiger partial charge on any atom is 0.129 e. The van der Waals surface area contributed by atoms with Gasteiger partial charge in [-0.05, 0) is 41.6 Å². The highest BCUT2D eigenvalue weighted by molar-refractivity contribution is 7.10. The first-order valence-electron chi connectivity index (χ1n) is 6.54. The highest BCUT2D eigenvalue weighted by Crippen LogP contribution is 2.26. The topological polar surface area (TPSA) is 23.5 Å². The number of fused-ring (bicyclic) bond motifs is 1. The number of thiophene rings is 1. The van der Waals surface area contributed by atoms with Gasteiger partial charge in [-0.1, -0.05) is 0 Å². The van der Waals surface area contributed by atoms with Gasteiger partial charge in [-0.25, -0.2) is 8.78 Å². The third kappa shape index (κ3) is 2.75. The van der Waals surface area contributed by atoms with Crippen molar-refractivity contribution < 1.29 is 13.9 Å². The van der Waals surface area contributed by atoms with Crippen LogP contribution in [0.4, 0.5) is 8.78 Å². The Morgan fingerprint density at radius 3 is 3.00 bits per heavy atom. The Labute approximate surface area is 120 Å². The Kier molecular flexibility index (Phi) is 3.83. The van der Waals surface area contributed by atoms with Crippen LogP contribution in [0.2, 0.25) is 0 Å². The standard InChI is InChI=1S/C15H15F2NOS/c16-11-1-2-13(17)12(7-11)14(19)9-18-5-3-15-10(8-18)4-6-20-15/h1-2,4,6-7,14,19H,3,5,8-9H2. The summed E-state index contributed by atoms with van der Waals surface area (Å²) in [6.45, 7) is 1.91. The second kappa shape index (κ2) is 5.60. The van der Waals surface area contributed by atoms with E-state index in [0.717, 1.165) is 37.7 Å². The number of β-amino-alcohol motifs (C(OH)–C–C–N with tert-alkyl or cyclic N) is 1. The van der Waals surface area contributed by atoms with E-state index < -0.39 is 17.7 Å². The molecule has 0 saturated carbocycles. The normalized spacial score (nSPS) is 16.9. The minimum Gasteiger partial charge on any atom is -0.387 e. The van der Waals surface area contributed by atoms with Crippen molar-refractivity contribution in [3.8, 4) is 0 Å². The van der Waals surface area contributed by atoms with Crippen LogP contribution in [-0.2, 0) is 13.0 Å². The van der Waals surface area contributed by atoms with Crippen LogP contribution < -0.4 is 0 Å². The third-order valence-electron chi connectivity index (χ3n) is 3.63. The second-order valence-corrected chi connectivity index (χ2v) is 6.04. The van der Waals surface area contributed by atoms with Gasteiger partial charge >= 0.3 is 0 Å². The first-order chi connectivity index (χ1) is 9.63. The van der Waals surface area contributed by atoms with Crippen LogP contribution in [0.15, 0.2) is 29.6 Å². The fourth-order valence-electron chi connectivity index (χ4n) is 2.58. The van der Waals surface area contributed by atoms with Crippen LogP contribution in [-0.4, -0.2) is 23.1 Å². The molecule has 1 aromatic carbocycles. The van der Waals surface area contributed by atoms with Crippen molar-refractivity contribution in [1.29, 1.82) is 0 Å². The molecule has 1 aliphatic rings. The fourth-order valence-corrected chi connectivity index (χ4v) is 3.47. The summed E-state index contributed by atoms with van der Waals surface area (Å²) in [7, 11) is 0. The lowest BCUT2D eigenvalue weighted by Gasteiger charge is -2.28. The molecular weight excluding hydrogens is 280 g/mol. The van der Waals surface area contributed by atoms with Crippen molar-refractivity contribution in [2.75, 3.05) is 13.1 Å². The van der Waals surface area contributed by atoms with Gasteiger partial charge < -0.3 is 5.11 Å². The Morgan fingerprint density at radius 2 is 2.15 bits per heavy atom. The lowest BCUT2D eigenvalue weighted by Crippen LogP contribution is -2.33. The van der Waals surface area contributed by atoms with E-state index in [9.17, 15) is 13.9 Å². The number of hydrogen-bond acceptors (Lipinski definition) is 3. The lowest BCUT2D eigenvalue weighted by atomic mass is 10.1. The maximum atomic E-state index is 13.6. The Hall–Kier alpha value is -1.30. The van der Waals surface area contributed by atoms with E-state index in [1.54, 1.807) is 11.3 Å². The molecule has 1 unspecified atom stereocenters. The number of nitrogens with zero attached hydrogens (tertiary/aromatic N) is 1. The molecule has 20 heavy (non-hydrogen) atoms. The molecule has 1 aromatic heterocycles. The molecular formula is C15H15F2NOS. The molecule has 0 bridgehead atoms. The van der Waals surface area contributed by atoms with Gasteiger partial charge in [0.25, 0.3) is 0 Å². The fraction of sp³-hybridized carbons (Fsp3) is 0.333. The Bertz CT molecular complexity index is 614. The molecule has 1 N–H and O–H groups in total. The largest absolute Gasteiger partial charge is 0.387 e. The molecule has 0 spiro atoms. The summed E-state index contributed by atoms with van der Waals surface area (Å²) in [5.41, 5.74) is 1.30. The van der Waals surface area contributed by atoms with Crippen molar-refractivity contribution in [2.24, 2.45) is 0 Å². The van der Waals surface area contributed by atoms with Crippen molar-refractivity contribution in [1.82, 2.24) is 4.90 Å². The zero-order valence-corrected chi connectivity index (χ0v) is 11.7. The summed E-state index contributed by atoms with van der Waals surface area (Å²) in [6.07, 6.45) is -0.0587. The molecule has 3 rings (SSSR count). The maximum absolute atomic E-state index is 13.6. The monoisotopic (exact) mass is 295 g/mol. The van der Waals surface area contributed by atoms with Crippen molar-refractivity contribution in [2.45, 2.75) is 19.1 Å². The lowest BCUT2D eigenvalue weighted by molar-refractivity contribution is 0.103. The summed E-state index contributed by atoms with van der Waals surface area (Å²) in [5, 5.41) is 12.2. The molecule has 2 nitrogen and oxygen atoms in total. The van der Waals surface area contributed by atoms with Gasteiger partial charge in [0, 0.05) is 30.1 Å². The number of aliphatic hydroxyl groups excluding tert-OH is 1. The van der Waals surface area contributed by atoms with Gasteiger partial charge in [0.2, 0.25) is 0 Å². The average molecular weight is 295 g/mol. The van der Waals surface area contributed by atoms with Crippen molar-refractivity contribution >= 4 is 11.3 Å². The summed E-state index contributed by atoms with van der Waals surface area (Å²) >= 11 is 1.75. The minimum atomic E-state index is -1.01. The van der Waals surface area contributed by atoms with Crippen LogP contribution in [0.3, 0.4) is 0 Å². The van der Waals surface area contributed by atoms with Crippen molar-refractivity contribution in [3.05, 3.63) is 57.3 Å². The van der Waals surface area contributed by atoms with Crippen LogP contribution in [0.5, 0.6) is 0 Å². The number of benzene rings is 1. The SMILES string of the molecule is OC(CN1CCc2sccc2C1)c1cc(F)ccc1F. The molecule has 0 radical (unpaired) electrons. The first-order valence-corrected chi connectivity index (χ1v) is 7.42. The van der Waals surface area contributed by atoms with Gasteiger partial charge in [0.1, 0.15) is 11.6 Å². The van der Waals surface area contributed by atoms with E-state index in [2.05, 4.69) is 16.3 Å². The molecule has 0 aliphatic carbocycles. The van der Waals surface area contributed by atoms with Crippen LogP contribution in [0.1, 0.15) is 22.1 Å². The molecule has 0 amide bonds. The Balaban J connectivity index is 1.71. The summed E-state index contributed by atoms with van der Waals surface area (Å²) in [6, 6.07) is 5.27. The van der Waals surface area contributed by atoms with Gasteiger partial charge in [0.05, 0.1) is 6.10 Å². The van der Waals surface area contributed by atoms with E-state index in [1.807, 2.05) is 0 Å². The predicted octanol–water partition coefficient (Wildman–Crippen LogP) is 3.12. The van der Waals surface area contributed by atoms with Crippen molar-refractivity contribution in [3.63, 3.8) is 0 Å². The number of hydrogen-bond donors (Lipinski definition) is 1. The van der Waals surface area contributed by atoms with Gasteiger partial charge in [-0.15, -0.1) is 11.3 Å². The van der Waals surface area contributed by atoms with Crippen LogP contribution in [0, 0.1) is 11.6 Å². The average Bonchev–Trinajstić information content (AvgIpc) is 2.89. The number of halogens is 2. The quantitative estimate of drug-likeness (QED) is 0.940. The number of rotatable bonds is 3. The van der Waals surface area contributed by atoms with Gasteiger partial charge in [-0.2, -0.15) is 0 Å². The molecule has 1 aliphatic heterocycles. The van der Waals surface area contributed by atoms with E-state index in [1.165, 1.54) is 10.4 Å². The summed E-state index contributed by atoms with van der Waals surface area (Å²) in [5.74, 6) is -1.09. The highest BCUT2D eigenvalue weighted by atomic mass is 32.1. The molecule has 2 aromatic rings. The number of aliphatic hydroxyl groups is 1. The zero-order valence-electron chi connectivity index (χ0n) is 10.9.